The number of primary amides is 1. The number of aliphatic hydroxyl groups excluding tert-OH is 3. The smallest absolute Gasteiger partial charge is 0.255 e. The summed E-state index contributed by atoms with van der Waals surface area (Å²) in [7, 11) is 2.93. The van der Waals surface area contributed by atoms with Crippen molar-refractivity contribution in [1.82, 2.24) is 4.90 Å². The summed E-state index contributed by atoms with van der Waals surface area (Å²) in [5.74, 6) is -8.43. The molecule has 0 saturated heterocycles. The number of aryl methyl sites for hydroxylation is 1. The van der Waals surface area contributed by atoms with Crippen molar-refractivity contribution in [1.29, 1.82) is 0 Å². The van der Waals surface area contributed by atoms with Crippen molar-refractivity contribution in [2.45, 2.75) is 62.7 Å². The zero-order valence-electron chi connectivity index (χ0n) is 25.2. The summed E-state index contributed by atoms with van der Waals surface area (Å²) in [4.78, 5) is 40.8. The number of nitrogens with two attached hydrogens (primary N) is 1. The molecule has 0 aromatic heterocycles. The first-order valence-corrected chi connectivity index (χ1v) is 14.7. The van der Waals surface area contributed by atoms with Crippen LogP contribution in [0.4, 0.5) is 0 Å². The number of nitrogens with zero attached hydrogens (tertiary/aromatic N) is 1. The maximum atomic E-state index is 14.1. The van der Waals surface area contributed by atoms with E-state index in [4.69, 9.17) is 5.73 Å². The molecule has 0 spiro atoms. The Kier molecular flexibility index (Phi) is 7.99. The van der Waals surface area contributed by atoms with Crippen molar-refractivity contribution in [3.05, 3.63) is 88.0 Å². The largest absolute Gasteiger partial charge is 0.508 e. The predicted octanol–water partition coefficient (Wildman–Crippen LogP) is 2.64. The van der Waals surface area contributed by atoms with Gasteiger partial charge in [-0.15, -0.1) is 0 Å². The zero-order chi connectivity index (χ0) is 32.3. The first kappa shape index (κ1) is 31.4. The van der Waals surface area contributed by atoms with Gasteiger partial charge in [-0.1, -0.05) is 62.7 Å². The summed E-state index contributed by atoms with van der Waals surface area (Å²) in [5, 5.41) is 57.4. The fraction of sp³-hybridized carbons (Fsp3) is 0.412. The summed E-state index contributed by atoms with van der Waals surface area (Å²) < 4.78 is 0. The molecule has 10 heteroatoms. The van der Waals surface area contributed by atoms with Gasteiger partial charge in [0.15, 0.2) is 11.4 Å². The minimum absolute atomic E-state index is 0.0386. The summed E-state index contributed by atoms with van der Waals surface area (Å²) >= 11 is 0. The van der Waals surface area contributed by atoms with Crippen LogP contribution >= 0.6 is 0 Å². The number of rotatable bonds is 8. The van der Waals surface area contributed by atoms with Crippen LogP contribution in [0.25, 0.3) is 5.76 Å². The Balaban J connectivity index is 1.54. The van der Waals surface area contributed by atoms with E-state index in [9.17, 15) is 39.9 Å². The number of aliphatic hydroxyl groups is 4. The molecule has 0 bridgehead atoms. The van der Waals surface area contributed by atoms with Gasteiger partial charge in [-0.3, -0.25) is 19.3 Å². The Morgan fingerprint density at radius 2 is 1.68 bits per heavy atom. The van der Waals surface area contributed by atoms with Gasteiger partial charge in [0, 0.05) is 23.5 Å². The van der Waals surface area contributed by atoms with E-state index in [0.717, 1.165) is 25.7 Å². The van der Waals surface area contributed by atoms with Crippen molar-refractivity contribution in [2.24, 2.45) is 17.6 Å². The second-order valence-corrected chi connectivity index (χ2v) is 12.9. The first-order chi connectivity index (χ1) is 20.6. The molecule has 0 heterocycles. The Labute approximate surface area is 256 Å². The van der Waals surface area contributed by atoms with E-state index < -0.39 is 75.1 Å². The first-order valence-electron chi connectivity index (χ1n) is 14.7. The molecule has 5 rings (SSSR count). The highest BCUT2D eigenvalue weighted by Gasteiger charge is 2.67. The lowest BCUT2D eigenvalue weighted by atomic mass is 9.56. The molecule has 1 fully saturated rings. The molecule has 7 N–H and O–H groups in total. The van der Waals surface area contributed by atoms with Crippen LogP contribution in [-0.2, 0) is 26.2 Å². The maximum Gasteiger partial charge on any atom is 0.255 e. The van der Waals surface area contributed by atoms with Crippen LogP contribution in [0.15, 0.2) is 59.4 Å². The lowest BCUT2D eigenvalue weighted by molar-refractivity contribution is -0.167. The molecular formula is C34H39N2O8. The molecule has 2 aromatic rings. The van der Waals surface area contributed by atoms with Gasteiger partial charge in [-0.05, 0) is 49.9 Å². The molecule has 44 heavy (non-hydrogen) atoms. The number of hydrogen-bond donors (Lipinski definition) is 6. The maximum absolute atomic E-state index is 14.1. The number of carbonyl (C=O) groups is 3. The number of ketones is 2. The molecule has 0 unspecified atom stereocenters. The van der Waals surface area contributed by atoms with Gasteiger partial charge in [0.2, 0.25) is 5.78 Å². The molecule has 1 radical (unpaired) electrons. The summed E-state index contributed by atoms with van der Waals surface area (Å²) in [5.41, 5.74) is 2.63. The minimum Gasteiger partial charge on any atom is -0.508 e. The molecule has 10 nitrogen and oxygen atoms in total. The van der Waals surface area contributed by atoms with Gasteiger partial charge >= 0.3 is 0 Å². The second kappa shape index (κ2) is 11.2. The number of phenols is 1. The average molecular weight is 604 g/mol. The van der Waals surface area contributed by atoms with Crippen LogP contribution < -0.4 is 5.73 Å². The number of aromatic hydroxyl groups is 1. The Hall–Kier alpha value is -3.99. The second-order valence-electron chi connectivity index (χ2n) is 12.9. The normalized spacial score (nSPS) is 26.9. The van der Waals surface area contributed by atoms with Gasteiger partial charge in [0.1, 0.15) is 22.8 Å². The Morgan fingerprint density at radius 3 is 2.30 bits per heavy atom. The molecule has 233 valence electrons. The standard InChI is InChI=1S/C34H39N2O8/c1-33(2,15-9-8-12-17-10-6-5-7-11-17)20-14-13-18-16-19-22(28(39)21(18)27(20)38)30(41)34(44)24(26(19)37)25(36(3)4)29(40)23(31(34)42)32(35)43/h5-7,10-11,13-14,16,19,24-26,37-39,42,44H,8-9,12,15H2,1-4H3,(H2,35,43)/t19-,24-,25+,26+,34+/m0/s1. The average Bonchev–Trinajstić information content (AvgIpc) is 2.95. The summed E-state index contributed by atoms with van der Waals surface area (Å²) in [6.07, 6.45) is 3.31. The number of hydrogen-bond acceptors (Lipinski definition) is 9. The van der Waals surface area contributed by atoms with E-state index in [2.05, 4.69) is 12.1 Å². The van der Waals surface area contributed by atoms with Crippen LogP contribution in [0.3, 0.4) is 0 Å². The van der Waals surface area contributed by atoms with Crippen LogP contribution in [0.5, 0.6) is 5.75 Å². The van der Waals surface area contributed by atoms with Gasteiger partial charge in [-0.2, -0.15) is 0 Å². The van der Waals surface area contributed by atoms with Gasteiger partial charge in [-0.25, -0.2) is 0 Å². The number of carbonyl (C=O) groups excluding carboxylic acids is 3. The quantitative estimate of drug-likeness (QED) is 0.195. The van der Waals surface area contributed by atoms with Crippen LogP contribution in [0.2, 0.25) is 0 Å². The minimum atomic E-state index is -2.94. The van der Waals surface area contributed by atoms with E-state index in [1.165, 1.54) is 31.0 Å². The van der Waals surface area contributed by atoms with Crippen LogP contribution in [-0.4, -0.2) is 79.7 Å². The molecule has 5 atom stereocenters. The molecule has 3 aliphatic rings. The molecule has 3 aliphatic carbocycles. The topological polar surface area (TPSA) is 182 Å². The fourth-order valence-corrected chi connectivity index (χ4v) is 7.23. The lowest BCUT2D eigenvalue weighted by Gasteiger charge is -2.52. The molecule has 2 aromatic carbocycles. The van der Waals surface area contributed by atoms with E-state index in [0.29, 0.717) is 11.1 Å². The third kappa shape index (κ3) is 4.72. The number of fused-ring (bicyclic) bond motifs is 3. The summed E-state index contributed by atoms with van der Waals surface area (Å²) in [6.45, 7) is 3.96. The van der Waals surface area contributed by atoms with Crippen LogP contribution in [0.1, 0.15) is 55.4 Å². The Morgan fingerprint density at radius 1 is 1.02 bits per heavy atom. The fourth-order valence-electron chi connectivity index (χ4n) is 7.23. The lowest BCUT2D eigenvalue weighted by Crippen LogP contribution is -2.70. The van der Waals surface area contributed by atoms with Crippen molar-refractivity contribution in [3.63, 3.8) is 0 Å². The zero-order valence-corrected chi connectivity index (χ0v) is 25.2. The van der Waals surface area contributed by atoms with Gasteiger partial charge in [0.05, 0.1) is 23.6 Å². The number of Topliss-reactive ketones (excluding diaryl/α,β-unsaturated/α-hetero) is 2. The number of benzene rings is 2. The van der Waals surface area contributed by atoms with E-state index >= 15 is 0 Å². The highest BCUT2D eigenvalue weighted by Crippen LogP contribution is 2.54. The number of amides is 1. The van der Waals surface area contributed by atoms with E-state index in [-0.39, 0.29) is 11.3 Å². The molecule has 0 aliphatic heterocycles. The number of unbranched alkanes of at least 4 members (excludes halogenated alkanes) is 1. The Bertz CT molecular complexity index is 1590. The van der Waals surface area contributed by atoms with E-state index in [1.54, 1.807) is 12.1 Å². The molecule has 1 saturated carbocycles. The van der Waals surface area contributed by atoms with Crippen molar-refractivity contribution >= 4 is 23.2 Å². The van der Waals surface area contributed by atoms with Gasteiger partial charge < -0.3 is 31.3 Å². The van der Waals surface area contributed by atoms with Crippen molar-refractivity contribution in [3.8, 4) is 5.75 Å². The third-order valence-corrected chi connectivity index (χ3v) is 9.55. The number of phenolic OH excluding ortho intramolecular Hbond substituents is 1. The van der Waals surface area contributed by atoms with Crippen molar-refractivity contribution < 1.29 is 39.9 Å². The highest BCUT2D eigenvalue weighted by molar-refractivity contribution is 6.24. The highest BCUT2D eigenvalue weighted by atomic mass is 16.4. The van der Waals surface area contributed by atoms with E-state index in [1.807, 2.05) is 32.0 Å². The SMILES string of the molecule is CN(C)[C@H]1C(=O)C(C(N)=O)=C(O)[C@]2(O)C(=O)C3=C(O)c4c(ccc(C(C)(C)CCCCc5ccccc5)c4O)[CH][C@@H]3[C@@H](O)[C@H]12. The third-order valence-electron chi connectivity index (χ3n) is 9.55. The monoisotopic (exact) mass is 603 g/mol. The van der Waals surface area contributed by atoms with Gasteiger partial charge in [0.25, 0.3) is 5.91 Å². The van der Waals surface area contributed by atoms with Crippen LogP contribution in [0, 0.1) is 18.3 Å². The molecular weight excluding hydrogens is 564 g/mol. The predicted molar refractivity (Wildman–Crippen MR) is 162 cm³/mol. The summed E-state index contributed by atoms with van der Waals surface area (Å²) in [6, 6.07) is 12.2. The molecule has 1 amide bonds. The number of likely N-dealkylation sites (N-methyl/N-ethyl adjacent to an activating group) is 1. The van der Waals surface area contributed by atoms with Crippen molar-refractivity contribution in [2.75, 3.05) is 14.1 Å².